The highest BCUT2D eigenvalue weighted by molar-refractivity contribution is 6.13. The number of allylic oxidation sites excluding steroid dienone is 2. The number of rotatable bonds is 4. The van der Waals surface area contributed by atoms with Crippen LogP contribution in [0.1, 0.15) is 40.2 Å². The first kappa shape index (κ1) is 21.1. The highest BCUT2D eigenvalue weighted by Crippen LogP contribution is 2.51. The van der Waals surface area contributed by atoms with Crippen LogP contribution in [0.2, 0.25) is 0 Å². The number of hydrogen-bond acceptors (Lipinski definition) is 4. The molecule has 0 N–H and O–H groups in total. The van der Waals surface area contributed by atoms with Gasteiger partial charge in [0.15, 0.2) is 0 Å². The van der Waals surface area contributed by atoms with Crippen molar-refractivity contribution in [2.24, 2.45) is 16.4 Å². The van der Waals surface area contributed by atoms with Crippen LogP contribution in [-0.2, 0) is 9.53 Å². The van der Waals surface area contributed by atoms with Gasteiger partial charge in [-0.25, -0.2) is 0 Å². The monoisotopic (exact) mass is 406 g/mol. The number of alkyl halides is 3. The van der Waals surface area contributed by atoms with Crippen LogP contribution in [0.3, 0.4) is 0 Å². The molecule has 0 saturated heterocycles. The minimum absolute atomic E-state index is 0.219. The van der Waals surface area contributed by atoms with E-state index in [9.17, 15) is 18.0 Å². The molecule has 3 rings (SSSR count). The Kier molecular flexibility index (Phi) is 5.36. The molecular weight excluding hydrogens is 381 g/mol. The van der Waals surface area contributed by atoms with Crippen molar-refractivity contribution in [1.29, 1.82) is 0 Å². The lowest BCUT2D eigenvalue weighted by Crippen LogP contribution is -2.44. The zero-order valence-electron chi connectivity index (χ0n) is 17.2. The van der Waals surface area contributed by atoms with Crippen molar-refractivity contribution in [3.63, 3.8) is 0 Å². The molecule has 0 aromatic heterocycles. The van der Waals surface area contributed by atoms with E-state index in [0.717, 1.165) is 24.1 Å². The minimum Gasteiger partial charge on any atom is -0.465 e. The first-order chi connectivity index (χ1) is 13.5. The van der Waals surface area contributed by atoms with Crippen LogP contribution in [0.5, 0.6) is 0 Å². The Hall–Kier alpha value is -2.57. The van der Waals surface area contributed by atoms with Gasteiger partial charge in [0.05, 0.1) is 24.1 Å². The molecule has 0 unspecified atom stereocenters. The van der Waals surface area contributed by atoms with Crippen molar-refractivity contribution in [3.05, 3.63) is 58.8 Å². The van der Waals surface area contributed by atoms with Crippen LogP contribution in [0.25, 0.3) is 0 Å². The summed E-state index contributed by atoms with van der Waals surface area (Å²) in [5.74, 6) is -1.11. The molecule has 0 fully saturated rings. The number of halogens is 3. The molecule has 2 aliphatic rings. The van der Waals surface area contributed by atoms with Crippen LogP contribution >= 0.6 is 0 Å². The Morgan fingerprint density at radius 1 is 1.28 bits per heavy atom. The lowest BCUT2D eigenvalue weighted by molar-refractivity contribution is -0.147. The number of carbonyl (C=O) groups excluding carboxylic acids is 1. The standard InChI is InChI=1S/C22H25F3N2O2/c1-6-29-20(28)17-18(15-10-8-7-9-11-15)26-27-16(12-13(2)22(23,24)25)14(3)21(4,5)19(17)27/h7-12,17,19H,6H2,1-5H3/b13-12+/t17-,19-/m0/s1. The summed E-state index contributed by atoms with van der Waals surface area (Å²) in [5, 5.41) is 6.22. The van der Waals surface area contributed by atoms with E-state index >= 15 is 0 Å². The second kappa shape index (κ2) is 7.35. The molecule has 2 aliphatic heterocycles. The predicted molar refractivity (Wildman–Crippen MR) is 105 cm³/mol. The van der Waals surface area contributed by atoms with E-state index in [1.165, 1.54) is 0 Å². The fourth-order valence-electron chi connectivity index (χ4n) is 3.96. The SMILES string of the molecule is CCOC(=O)[C@H]1C(c2ccccc2)=NN2C(/C=C(\C)C(F)(F)F)=C(C)C(C)(C)[C@H]12. The van der Waals surface area contributed by atoms with Crippen molar-refractivity contribution < 1.29 is 22.7 Å². The molecule has 29 heavy (non-hydrogen) atoms. The number of ether oxygens (including phenoxy) is 1. The molecule has 2 atom stereocenters. The Morgan fingerprint density at radius 3 is 2.45 bits per heavy atom. The molecule has 0 radical (unpaired) electrons. The highest BCUT2D eigenvalue weighted by atomic mass is 19.4. The molecule has 7 heteroatoms. The van der Waals surface area contributed by atoms with Crippen molar-refractivity contribution >= 4 is 11.7 Å². The van der Waals surface area contributed by atoms with Crippen molar-refractivity contribution in [1.82, 2.24) is 5.01 Å². The first-order valence-corrected chi connectivity index (χ1v) is 9.56. The third kappa shape index (κ3) is 3.58. The summed E-state index contributed by atoms with van der Waals surface area (Å²) < 4.78 is 44.9. The zero-order chi connectivity index (χ0) is 21.6. The average molecular weight is 406 g/mol. The van der Waals surface area contributed by atoms with Crippen LogP contribution in [0, 0.1) is 11.3 Å². The van der Waals surface area contributed by atoms with Crippen LogP contribution in [0.4, 0.5) is 13.2 Å². The third-order valence-electron chi connectivity index (χ3n) is 5.84. The van der Waals surface area contributed by atoms with Gasteiger partial charge >= 0.3 is 12.1 Å². The number of esters is 1. The second-order valence-corrected chi connectivity index (χ2v) is 7.93. The minimum atomic E-state index is -4.43. The van der Waals surface area contributed by atoms with E-state index in [0.29, 0.717) is 11.4 Å². The Morgan fingerprint density at radius 2 is 1.90 bits per heavy atom. The Labute approximate surface area is 168 Å². The van der Waals surface area contributed by atoms with Gasteiger partial charge in [0.2, 0.25) is 0 Å². The van der Waals surface area contributed by atoms with Crippen molar-refractivity contribution in [2.45, 2.75) is 46.8 Å². The second-order valence-electron chi connectivity index (χ2n) is 7.93. The van der Waals surface area contributed by atoms with Gasteiger partial charge in [0.1, 0.15) is 5.92 Å². The molecule has 0 amide bonds. The zero-order valence-corrected chi connectivity index (χ0v) is 17.2. The fourth-order valence-corrected chi connectivity index (χ4v) is 3.96. The maximum absolute atomic E-state index is 13.2. The topological polar surface area (TPSA) is 41.9 Å². The number of nitrogens with zero attached hydrogens (tertiary/aromatic N) is 2. The summed E-state index contributed by atoms with van der Waals surface area (Å²) in [4.78, 5) is 12.9. The van der Waals surface area contributed by atoms with Gasteiger partial charge in [-0.05, 0) is 38.0 Å². The summed E-state index contributed by atoms with van der Waals surface area (Å²) in [6, 6.07) is 8.76. The largest absolute Gasteiger partial charge is 0.465 e. The predicted octanol–water partition coefficient (Wildman–Crippen LogP) is 5.08. The number of benzene rings is 1. The lowest BCUT2D eigenvalue weighted by atomic mass is 9.73. The van der Waals surface area contributed by atoms with E-state index in [-0.39, 0.29) is 6.61 Å². The van der Waals surface area contributed by atoms with Crippen LogP contribution in [-0.4, -0.2) is 35.5 Å². The molecule has 156 valence electrons. The van der Waals surface area contributed by atoms with E-state index in [2.05, 4.69) is 5.10 Å². The fraction of sp³-hybridized carbons (Fsp3) is 0.455. The normalized spacial score (nSPS) is 23.9. The van der Waals surface area contributed by atoms with Crippen LogP contribution in [0.15, 0.2) is 58.4 Å². The third-order valence-corrected chi connectivity index (χ3v) is 5.84. The smallest absolute Gasteiger partial charge is 0.412 e. The lowest BCUT2D eigenvalue weighted by Gasteiger charge is -2.32. The van der Waals surface area contributed by atoms with Crippen molar-refractivity contribution in [3.8, 4) is 0 Å². The summed E-state index contributed by atoms with van der Waals surface area (Å²) in [6.45, 7) is 8.65. The van der Waals surface area contributed by atoms with Gasteiger partial charge in [-0.3, -0.25) is 9.80 Å². The molecular formula is C22H25F3N2O2. The molecule has 1 aromatic rings. The number of carbonyl (C=O) groups is 1. The summed E-state index contributed by atoms with van der Waals surface area (Å²) in [7, 11) is 0. The maximum Gasteiger partial charge on any atom is 0.412 e. The highest BCUT2D eigenvalue weighted by Gasteiger charge is 2.56. The Balaban J connectivity index is 2.16. The van der Waals surface area contributed by atoms with Gasteiger partial charge in [-0.15, -0.1) is 0 Å². The van der Waals surface area contributed by atoms with E-state index in [1.807, 2.05) is 44.2 Å². The van der Waals surface area contributed by atoms with E-state index < -0.39 is 35.1 Å². The molecule has 0 bridgehead atoms. The summed E-state index contributed by atoms with van der Waals surface area (Å²) in [5.41, 5.74) is 1.13. The first-order valence-electron chi connectivity index (χ1n) is 9.56. The molecule has 0 spiro atoms. The van der Waals surface area contributed by atoms with Gasteiger partial charge < -0.3 is 4.74 Å². The van der Waals surface area contributed by atoms with Gasteiger partial charge in [0, 0.05) is 11.0 Å². The van der Waals surface area contributed by atoms with E-state index in [4.69, 9.17) is 4.74 Å². The summed E-state index contributed by atoms with van der Waals surface area (Å²) >= 11 is 0. The molecule has 4 nitrogen and oxygen atoms in total. The number of fused-ring (bicyclic) bond motifs is 1. The number of hydrogen-bond donors (Lipinski definition) is 0. The van der Waals surface area contributed by atoms with E-state index in [1.54, 1.807) is 18.9 Å². The molecule has 2 heterocycles. The molecule has 0 aliphatic carbocycles. The number of hydrazone groups is 1. The van der Waals surface area contributed by atoms with Gasteiger partial charge in [-0.1, -0.05) is 44.2 Å². The molecule has 1 aromatic carbocycles. The van der Waals surface area contributed by atoms with Crippen LogP contribution < -0.4 is 0 Å². The van der Waals surface area contributed by atoms with Gasteiger partial charge in [-0.2, -0.15) is 18.3 Å². The quantitative estimate of drug-likeness (QED) is 0.655. The summed E-state index contributed by atoms with van der Waals surface area (Å²) in [6.07, 6.45) is -3.31. The molecule has 0 saturated carbocycles. The maximum atomic E-state index is 13.2. The van der Waals surface area contributed by atoms with Gasteiger partial charge in [0.25, 0.3) is 0 Å². The Bertz CT molecular complexity index is 898. The average Bonchev–Trinajstić information content (AvgIpc) is 3.13. The van der Waals surface area contributed by atoms with Crippen molar-refractivity contribution in [2.75, 3.05) is 6.61 Å².